The van der Waals surface area contributed by atoms with Crippen LogP contribution in [-0.4, -0.2) is 59.6 Å². The molecule has 180 valence electrons. The van der Waals surface area contributed by atoms with Crippen LogP contribution in [0.15, 0.2) is 47.4 Å². The van der Waals surface area contributed by atoms with Gasteiger partial charge in [0, 0.05) is 59.2 Å². The summed E-state index contributed by atoms with van der Waals surface area (Å²) in [5.41, 5.74) is 3.05. The number of carbonyl (C=O) groups is 2. The van der Waals surface area contributed by atoms with E-state index in [1.54, 1.807) is 18.2 Å². The third kappa shape index (κ3) is 4.97. The van der Waals surface area contributed by atoms with Gasteiger partial charge in [0.2, 0.25) is 21.8 Å². The van der Waals surface area contributed by atoms with E-state index < -0.39 is 10.0 Å². The van der Waals surface area contributed by atoms with Crippen LogP contribution >= 0.6 is 0 Å². The second-order valence-electron chi connectivity index (χ2n) is 8.69. The van der Waals surface area contributed by atoms with Gasteiger partial charge in [-0.3, -0.25) is 9.59 Å². The van der Waals surface area contributed by atoms with E-state index in [2.05, 4.69) is 10.3 Å². The second kappa shape index (κ2) is 9.55. The fraction of sp³-hybridized carbons (Fsp3) is 0.375. The molecule has 0 unspecified atom stereocenters. The number of hydrogen-bond donors (Lipinski definition) is 1. The Morgan fingerprint density at radius 3 is 2.68 bits per heavy atom. The molecule has 0 radical (unpaired) electrons. The standard InChI is InChI=1S/C24H29N5O4S/c1-27(2)34(32,33)19-9-10-21-20(15-19)26-22(28(21)3)11-12-23(30)25-18-7-4-6-17(14-18)16-29-13-5-8-24(29)31/h4,6-7,9-10,14-15H,5,8,11-13,16H2,1-3H3,(H,25,30). The van der Waals surface area contributed by atoms with Gasteiger partial charge < -0.3 is 14.8 Å². The first-order valence-electron chi connectivity index (χ1n) is 11.2. The molecule has 1 N–H and O–H groups in total. The SMILES string of the molecule is CN(C)S(=O)(=O)c1ccc2c(c1)nc(CCC(=O)Nc1cccc(CN3CCCC3=O)c1)n2C. The highest BCUT2D eigenvalue weighted by molar-refractivity contribution is 7.89. The minimum absolute atomic E-state index is 0.141. The Kier molecular flexibility index (Phi) is 6.72. The van der Waals surface area contributed by atoms with E-state index in [1.807, 2.05) is 40.8 Å². The Morgan fingerprint density at radius 1 is 1.18 bits per heavy atom. The average molecular weight is 484 g/mol. The highest BCUT2D eigenvalue weighted by atomic mass is 32.2. The van der Waals surface area contributed by atoms with Crippen molar-refractivity contribution >= 4 is 38.6 Å². The van der Waals surface area contributed by atoms with E-state index >= 15 is 0 Å². The smallest absolute Gasteiger partial charge is 0.242 e. The Hall–Kier alpha value is -3.24. The molecule has 1 aromatic heterocycles. The number of hydrogen-bond acceptors (Lipinski definition) is 5. The number of nitrogens with zero attached hydrogens (tertiary/aromatic N) is 4. The molecule has 4 rings (SSSR count). The number of carbonyl (C=O) groups excluding carboxylic acids is 2. The van der Waals surface area contributed by atoms with Crippen molar-refractivity contribution in [3.63, 3.8) is 0 Å². The molecule has 1 saturated heterocycles. The maximum Gasteiger partial charge on any atom is 0.242 e. The first kappa shape index (κ1) is 23.9. The summed E-state index contributed by atoms with van der Waals surface area (Å²) in [6.45, 7) is 1.32. The Balaban J connectivity index is 1.41. The first-order chi connectivity index (χ1) is 16.1. The molecule has 10 heteroatoms. The lowest BCUT2D eigenvalue weighted by Gasteiger charge is -2.16. The number of rotatable bonds is 8. The van der Waals surface area contributed by atoms with Crippen molar-refractivity contribution in [3.05, 3.63) is 53.9 Å². The van der Waals surface area contributed by atoms with Crippen LogP contribution in [0.25, 0.3) is 11.0 Å². The highest BCUT2D eigenvalue weighted by Crippen LogP contribution is 2.22. The Bertz CT molecular complexity index is 1350. The van der Waals surface area contributed by atoms with Crippen LogP contribution in [0, 0.1) is 0 Å². The third-order valence-electron chi connectivity index (χ3n) is 6.05. The summed E-state index contributed by atoms with van der Waals surface area (Å²) in [6, 6.07) is 12.4. The van der Waals surface area contributed by atoms with E-state index in [-0.39, 0.29) is 23.1 Å². The Morgan fingerprint density at radius 2 is 1.97 bits per heavy atom. The normalized spacial score (nSPS) is 14.4. The van der Waals surface area contributed by atoms with E-state index in [0.29, 0.717) is 36.4 Å². The average Bonchev–Trinajstić information content (AvgIpc) is 3.34. The maximum absolute atomic E-state index is 12.6. The predicted molar refractivity (Wildman–Crippen MR) is 130 cm³/mol. The van der Waals surface area contributed by atoms with Gasteiger partial charge in [0.25, 0.3) is 0 Å². The molecular weight excluding hydrogens is 454 g/mol. The van der Waals surface area contributed by atoms with Gasteiger partial charge >= 0.3 is 0 Å². The van der Waals surface area contributed by atoms with Crippen molar-refractivity contribution in [2.75, 3.05) is 26.0 Å². The number of amides is 2. The fourth-order valence-corrected chi connectivity index (χ4v) is 5.03. The summed E-state index contributed by atoms with van der Waals surface area (Å²) in [5.74, 6) is 0.728. The molecule has 34 heavy (non-hydrogen) atoms. The molecule has 3 aromatic rings. The summed E-state index contributed by atoms with van der Waals surface area (Å²) in [7, 11) is 1.28. The topological polar surface area (TPSA) is 105 Å². The summed E-state index contributed by atoms with van der Waals surface area (Å²) in [6.07, 6.45) is 2.14. The zero-order chi connectivity index (χ0) is 24.5. The van der Waals surface area contributed by atoms with Crippen LogP contribution in [0.3, 0.4) is 0 Å². The molecule has 2 amide bonds. The van der Waals surface area contributed by atoms with E-state index in [9.17, 15) is 18.0 Å². The molecule has 9 nitrogen and oxygen atoms in total. The van der Waals surface area contributed by atoms with Crippen molar-refractivity contribution < 1.29 is 18.0 Å². The molecule has 1 aliphatic heterocycles. The molecule has 1 aliphatic rings. The number of sulfonamides is 1. The van der Waals surface area contributed by atoms with Gasteiger partial charge in [0.15, 0.2) is 0 Å². The summed E-state index contributed by atoms with van der Waals surface area (Å²) in [5, 5.41) is 2.92. The summed E-state index contributed by atoms with van der Waals surface area (Å²) < 4.78 is 27.9. The molecule has 0 saturated carbocycles. The molecule has 0 spiro atoms. The van der Waals surface area contributed by atoms with E-state index in [4.69, 9.17) is 0 Å². The van der Waals surface area contributed by atoms with Gasteiger partial charge in [0.05, 0.1) is 15.9 Å². The zero-order valence-electron chi connectivity index (χ0n) is 19.6. The maximum atomic E-state index is 12.6. The van der Waals surface area contributed by atoms with E-state index in [0.717, 1.165) is 24.0 Å². The van der Waals surface area contributed by atoms with Crippen LogP contribution in [0.1, 0.15) is 30.7 Å². The second-order valence-corrected chi connectivity index (χ2v) is 10.8. The minimum atomic E-state index is -3.55. The molecule has 2 aromatic carbocycles. The fourth-order valence-electron chi connectivity index (χ4n) is 4.11. The summed E-state index contributed by atoms with van der Waals surface area (Å²) >= 11 is 0. The van der Waals surface area contributed by atoms with Crippen molar-refractivity contribution in [2.45, 2.75) is 37.1 Å². The van der Waals surface area contributed by atoms with Crippen LogP contribution < -0.4 is 5.32 Å². The lowest BCUT2D eigenvalue weighted by molar-refractivity contribution is -0.128. The van der Waals surface area contributed by atoms with E-state index in [1.165, 1.54) is 18.4 Å². The quantitative estimate of drug-likeness (QED) is 0.530. The van der Waals surface area contributed by atoms with Crippen molar-refractivity contribution in [2.24, 2.45) is 7.05 Å². The Labute approximate surface area is 199 Å². The van der Waals surface area contributed by atoms with Crippen LogP contribution in [0.4, 0.5) is 5.69 Å². The monoisotopic (exact) mass is 483 g/mol. The number of likely N-dealkylation sites (tertiary alicyclic amines) is 1. The van der Waals surface area contributed by atoms with Crippen molar-refractivity contribution in [1.82, 2.24) is 18.8 Å². The van der Waals surface area contributed by atoms with Gasteiger partial charge in [0.1, 0.15) is 5.82 Å². The molecule has 0 aliphatic carbocycles. The van der Waals surface area contributed by atoms with Gasteiger partial charge in [-0.15, -0.1) is 0 Å². The lowest BCUT2D eigenvalue weighted by Crippen LogP contribution is -2.23. The largest absolute Gasteiger partial charge is 0.338 e. The number of imidazole rings is 1. The number of aryl methyl sites for hydroxylation is 2. The third-order valence-corrected chi connectivity index (χ3v) is 7.87. The number of anilines is 1. The number of aromatic nitrogens is 2. The van der Waals surface area contributed by atoms with Crippen LogP contribution in [0.2, 0.25) is 0 Å². The minimum Gasteiger partial charge on any atom is -0.338 e. The number of nitrogens with one attached hydrogen (secondary N) is 1. The van der Waals surface area contributed by atoms with Gasteiger partial charge in [-0.25, -0.2) is 17.7 Å². The highest BCUT2D eigenvalue weighted by Gasteiger charge is 2.21. The van der Waals surface area contributed by atoms with Crippen molar-refractivity contribution in [3.8, 4) is 0 Å². The van der Waals surface area contributed by atoms with Crippen molar-refractivity contribution in [1.29, 1.82) is 0 Å². The van der Waals surface area contributed by atoms with Crippen LogP contribution in [-0.2, 0) is 39.6 Å². The first-order valence-corrected chi connectivity index (χ1v) is 12.6. The molecule has 2 heterocycles. The lowest BCUT2D eigenvalue weighted by atomic mass is 10.2. The molecule has 0 atom stereocenters. The van der Waals surface area contributed by atoms with Gasteiger partial charge in [-0.1, -0.05) is 12.1 Å². The van der Waals surface area contributed by atoms with Crippen LogP contribution in [0.5, 0.6) is 0 Å². The molecular formula is C24H29N5O4S. The molecule has 1 fully saturated rings. The number of benzene rings is 2. The van der Waals surface area contributed by atoms with Gasteiger partial charge in [-0.05, 0) is 42.3 Å². The number of fused-ring (bicyclic) bond motifs is 1. The zero-order valence-corrected chi connectivity index (χ0v) is 20.4. The summed E-state index contributed by atoms with van der Waals surface area (Å²) in [4.78, 5) is 31.0. The predicted octanol–water partition coefficient (Wildman–Crippen LogP) is 2.52. The van der Waals surface area contributed by atoms with Gasteiger partial charge in [-0.2, -0.15) is 0 Å². The molecule has 0 bridgehead atoms.